The fourth-order valence-electron chi connectivity index (χ4n) is 2.37. The SMILES string of the molecule is O=C(NC[C@]1(CCO)CCOC1)c1cc(F)c(F)c(F)c1. The molecule has 0 spiro atoms. The van der Waals surface area contributed by atoms with Crippen LogP contribution < -0.4 is 5.32 Å². The lowest BCUT2D eigenvalue weighted by molar-refractivity contribution is 0.0888. The van der Waals surface area contributed by atoms with Crippen molar-refractivity contribution in [2.45, 2.75) is 12.8 Å². The van der Waals surface area contributed by atoms with Crippen LogP contribution in [0.1, 0.15) is 23.2 Å². The molecule has 0 bridgehead atoms. The Morgan fingerprint density at radius 3 is 2.52 bits per heavy atom. The molecule has 7 heteroatoms. The quantitative estimate of drug-likeness (QED) is 0.813. The highest BCUT2D eigenvalue weighted by Crippen LogP contribution is 2.31. The predicted octanol–water partition coefficient (Wildman–Crippen LogP) is 1.62. The van der Waals surface area contributed by atoms with Crippen LogP contribution in [0.4, 0.5) is 13.2 Å². The Balaban J connectivity index is 2.04. The number of amides is 1. The van der Waals surface area contributed by atoms with E-state index in [1.165, 1.54) is 0 Å². The van der Waals surface area contributed by atoms with Crippen molar-refractivity contribution in [3.8, 4) is 0 Å². The molecule has 1 aliphatic rings. The average molecular weight is 303 g/mol. The lowest BCUT2D eigenvalue weighted by atomic mass is 9.84. The van der Waals surface area contributed by atoms with Crippen LogP contribution >= 0.6 is 0 Å². The number of rotatable bonds is 5. The van der Waals surface area contributed by atoms with E-state index in [1.54, 1.807) is 0 Å². The predicted molar refractivity (Wildman–Crippen MR) is 68.2 cm³/mol. The zero-order valence-electron chi connectivity index (χ0n) is 11.3. The second-order valence-electron chi connectivity index (χ2n) is 5.21. The summed E-state index contributed by atoms with van der Waals surface area (Å²) in [5, 5.41) is 11.6. The van der Waals surface area contributed by atoms with Gasteiger partial charge in [-0.2, -0.15) is 0 Å². The molecule has 1 aliphatic heterocycles. The first-order valence-electron chi connectivity index (χ1n) is 6.59. The Labute approximate surface area is 119 Å². The van der Waals surface area contributed by atoms with Crippen LogP contribution in [0, 0.1) is 22.9 Å². The number of nitrogens with one attached hydrogen (secondary N) is 1. The average Bonchev–Trinajstić information content (AvgIpc) is 2.91. The molecule has 0 aliphatic carbocycles. The van der Waals surface area contributed by atoms with Crippen LogP contribution in [0.15, 0.2) is 12.1 Å². The maximum absolute atomic E-state index is 13.1. The van der Waals surface area contributed by atoms with Gasteiger partial charge < -0.3 is 15.2 Å². The van der Waals surface area contributed by atoms with Crippen LogP contribution in [0.25, 0.3) is 0 Å². The third-order valence-corrected chi connectivity index (χ3v) is 3.70. The molecule has 4 nitrogen and oxygen atoms in total. The van der Waals surface area contributed by atoms with E-state index in [2.05, 4.69) is 5.32 Å². The van der Waals surface area contributed by atoms with E-state index in [0.29, 0.717) is 38.2 Å². The Hall–Kier alpha value is -1.60. The van der Waals surface area contributed by atoms with Crippen molar-refractivity contribution in [3.63, 3.8) is 0 Å². The van der Waals surface area contributed by atoms with Gasteiger partial charge in [0.05, 0.1) is 6.61 Å². The first-order chi connectivity index (χ1) is 9.97. The van der Waals surface area contributed by atoms with E-state index < -0.39 is 23.4 Å². The maximum Gasteiger partial charge on any atom is 0.251 e. The van der Waals surface area contributed by atoms with E-state index in [0.717, 1.165) is 0 Å². The molecule has 116 valence electrons. The molecule has 0 aromatic heterocycles. The number of aliphatic hydroxyl groups is 1. The Kier molecular flexibility index (Phi) is 4.84. The molecule has 1 fully saturated rings. The minimum atomic E-state index is -1.60. The summed E-state index contributed by atoms with van der Waals surface area (Å²) in [6.07, 6.45) is 1.14. The minimum Gasteiger partial charge on any atom is -0.396 e. The van der Waals surface area contributed by atoms with E-state index in [1.807, 2.05) is 0 Å². The zero-order valence-corrected chi connectivity index (χ0v) is 11.3. The Bertz CT molecular complexity index is 507. The normalized spacial score (nSPS) is 21.5. The summed E-state index contributed by atoms with van der Waals surface area (Å²) in [4.78, 5) is 11.9. The summed E-state index contributed by atoms with van der Waals surface area (Å²) in [7, 11) is 0. The standard InChI is InChI=1S/C14H16F3NO3/c15-10-5-9(6-11(16)12(10)17)13(20)18-7-14(1-3-19)2-4-21-8-14/h5-6,19H,1-4,7-8H2,(H,18,20)/t14-/m0/s1. The van der Waals surface area contributed by atoms with Crippen molar-refractivity contribution >= 4 is 5.91 Å². The number of benzene rings is 1. The molecule has 2 rings (SSSR count). The van der Waals surface area contributed by atoms with Gasteiger partial charge in [-0.3, -0.25) is 4.79 Å². The number of ether oxygens (including phenoxy) is 1. The first-order valence-corrected chi connectivity index (χ1v) is 6.59. The number of aliphatic hydroxyl groups excluding tert-OH is 1. The highest BCUT2D eigenvalue weighted by molar-refractivity contribution is 5.94. The van der Waals surface area contributed by atoms with Gasteiger partial charge in [-0.15, -0.1) is 0 Å². The van der Waals surface area contributed by atoms with Gasteiger partial charge in [-0.1, -0.05) is 0 Å². The minimum absolute atomic E-state index is 0.0426. The molecular weight excluding hydrogens is 287 g/mol. The Morgan fingerprint density at radius 2 is 2.00 bits per heavy atom. The van der Waals surface area contributed by atoms with Gasteiger partial charge in [-0.05, 0) is 25.0 Å². The molecule has 1 aromatic rings. The van der Waals surface area contributed by atoms with E-state index in [4.69, 9.17) is 9.84 Å². The topological polar surface area (TPSA) is 58.6 Å². The van der Waals surface area contributed by atoms with Gasteiger partial charge in [0.2, 0.25) is 0 Å². The van der Waals surface area contributed by atoms with Crippen molar-refractivity contribution in [1.82, 2.24) is 5.32 Å². The van der Waals surface area contributed by atoms with Crippen molar-refractivity contribution in [3.05, 3.63) is 35.1 Å². The molecular formula is C14H16F3NO3. The smallest absolute Gasteiger partial charge is 0.251 e. The largest absolute Gasteiger partial charge is 0.396 e. The highest BCUT2D eigenvalue weighted by atomic mass is 19.2. The summed E-state index contributed by atoms with van der Waals surface area (Å²) in [5.41, 5.74) is -0.661. The number of carbonyl (C=O) groups is 1. The van der Waals surface area contributed by atoms with Crippen LogP contribution in [-0.2, 0) is 4.74 Å². The van der Waals surface area contributed by atoms with Crippen LogP contribution in [0.2, 0.25) is 0 Å². The second-order valence-corrected chi connectivity index (χ2v) is 5.21. The second kappa shape index (κ2) is 6.44. The molecule has 21 heavy (non-hydrogen) atoms. The van der Waals surface area contributed by atoms with Gasteiger partial charge in [0.15, 0.2) is 17.5 Å². The first kappa shape index (κ1) is 15.8. The fraction of sp³-hybridized carbons (Fsp3) is 0.500. The molecule has 0 saturated carbocycles. The Morgan fingerprint density at radius 1 is 1.33 bits per heavy atom. The summed E-state index contributed by atoms with van der Waals surface area (Å²) in [6.45, 7) is 1.11. The molecule has 1 amide bonds. The van der Waals surface area contributed by atoms with Crippen molar-refractivity contribution in [1.29, 1.82) is 0 Å². The number of carbonyl (C=O) groups excluding carboxylic acids is 1. The molecule has 0 unspecified atom stereocenters. The monoisotopic (exact) mass is 303 g/mol. The molecule has 2 N–H and O–H groups in total. The number of halogens is 3. The summed E-state index contributed by atoms with van der Waals surface area (Å²) >= 11 is 0. The number of hydrogen-bond acceptors (Lipinski definition) is 3. The van der Waals surface area contributed by atoms with E-state index in [9.17, 15) is 18.0 Å². The maximum atomic E-state index is 13.1. The van der Waals surface area contributed by atoms with Crippen molar-refractivity contribution in [2.24, 2.45) is 5.41 Å². The van der Waals surface area contributed by atoms with Gasteiger partial charge in [0.1, 0.15) is 0 Å². The van der Waals surface area contributed by atoms with Crippen molar-refractivity contribution in [2.75, 3.05) is 26.4 Å². The van der Waals surface area contributed by atoms with Crippen LogP contribution in [0.3, 0.4) is 0 Å². The van der Waals surface area contributed by atoms with Gasteiger partial charge in [0, 0.05) is 30.7 Å². The summed E-state index contributed by atoms with van der Waals surface area (Å²) in [6, 6.07) is 1.30. The highest BCUT2D eigenvalue weighted by Gasteiger charge is 2.34. The molecule has 1 saturated heterocycles. The molecule has 1 aromatic carbocycles. The van der Waals surface area contributed by atoms with Crippen LogP contribution in [-0.4, -0.2) is 37.4 Å². The van der Waals surface area contributed by atoms with Gasteiger partial charge >= 0.3 is 0 Å². The molecule has 1 heterocycles. The summed E-state index contributed by atoms with van der Waals surface area (Å²) in [5.74, 6) is -5.12. The fourth-order valence-corrected chi connectivity index (χ4v) is 2.37. The number of hydrogen-bond donors (Lipinski definition) is 2. The van der Waals surface area contributed by atoms with Gasteiger partial charge in [-0.25, -0.2) is 13.2 Å². The third kappa shape index (κ3) is 3.54. The summed E-state index contributed by atoms with van der Waals surface area (Å²) < 4.78 is 44.3. The van der Waals surface area contributed by atoms with E-state index in [-0.39, 0.29) is 24.1 Å². The third-order valence-electron chi connectivity index (χ3n) is 3.70. The lowest BCUT2D eigenvalue weighted by Gasteiger charge is -2.26. The van der Waals surface area contributed by atoms with Crippen LogP contribution in [0.5, 0.6) is 0 Å². The zero-order chi connectivity index (χ0) is 15.5. The molecule has 0 radical (unpaired) electrons. The molecule has 1 atom stereocenters. The van der Waals surface area contributed by atoms with Crippen molar-refractivity contribution < 1.29 is 27.8 Å². The van der Waals surface area contributed by atoms with E-state index >= 15 is 0 Å². The lowest BCUT2D eigenvalue weighted by Crippen LogP contribution is -2.38. The van der Waals surface area contributed by atoms with Gasteiger partial charge in [0.25, 0.3) is 5.91 Å².